The normalized spacial score (nSPS) is 13.4. The molecule has 2 aromatic heterocycles. The number of amidine groups is 2. The Labute approximate surface area is 287 Å². The maximum atomic E-state index is 13.8. The van der Waals surface area contributed by atoms with E-state index in [1.807, 2.05) is 152 Å². The van der Waals surface area contributed by atoms with Crippen LogP contribution in [0.3, 0.4) is 0 Å². The molecule has 10 heteroatoms. The third kappa shape index (κ3) is 5.88. The minimum atomic E-state index is -0.347. The van der Waals surface area contributed by atoms with Crippen LogP contribution in [0.4, 0.5) is 17.1 Å². The molecule has 0 unspecified atom stereocenters. The summed E-state index contributed by atoms with van der Waals surface area (Å²) in [5.41, 5.74) is 13.1. The Morgan fingerprint density at radius 2 is 1.26 bits per heavy atom. The Kier molecular flexibility index (Phi) is 7.92. The van der Waals surface area contributed by atoms with Gasteiger partial charge in [-0.05, 0) is 53.6 Å². The lowest BCUT2D eigenvalue weighted by atomic mass is 10.00. The van der Waals surface area contributed by atoms with E-state index >= 15 is 0 Å². The molecule has 3 N–H and O–H groups in total. The number of anilines is 3. The van der Waals surface area contributed by atoms with Crippen LogP contribution in [0.2, 0.25) is 0 Å². The third-order valence-electron chi connectivity index (χ3n) is 8.22. The Morgan fingerprint density at radius 1 is 0.660 bits per heavy atom. The zero-order valence-corrected chi connectivity index (χ0v) is 26.6. The van der Waals surface area contributed by atoms with Crippen molar-refractivity contribution in [3.05, 3.63) is 169 Å². The van der Waals surface area contributed by atoms with E-state index in [1.54, 1.807) is 15.9 Å². The molecule has 0 spiro atoms. The number of hydrogen-bond donors (Lipinski definition) is 3. The average molecular weight is 652 g/mol. The number of aromatic nitrogens is 3. The highest BCUT2D eigenvalue weighted by atomic mass is 16.2. The van der Waals surface area contributed by atoms with Gasteiger partial charge in [0, 0.05) is 11.1 Å². The summed E-state index contributed by atoms with van der Waals surface area (Å²) in [6, 6.07) is 48.2. The molecular formula is C40H29N9O. The van der Waals surface area contributed by atoms with Crippen LogP contribution in [-0.2, 0) is 4.79 Å². The summed E-state index contributed by atoms with van der Waals surface area (Å²) < 4.78 is 1.59. The standard InChI is InChI=1S/C40H29N9O/c41-36-35-33(27-13-5-1-6-14-27)25-34(43-37(35)42-26-48(36)47-31-19-11-4-12-20-31)28-21-23-32(24-22-28)49-39(29-15-7-2-8-16-29)44-38(40(49)50)46-45-30-17-9-3-10-18-30/h1-26,41,45,47H/b41-36?,46-38+. The van der Waals surface area contributed by atoms with Crippen molar-refractivity contribution in [3.63, 3.8) is 0 Å². The van der Waals surface area contributed by atoms with Gasteiger partial charge in [0.15, 0.2) is 11.1 Å². The summed E-state index contributed by atoms with van der Waals surface area (Å²) in [6.07, 6.45) is 1.57. The summed E-state index contributed by atoms with van der Waals surface area (Å²) >= 11 is 0. The van der Waals surface area contributed by atoms with Crippen molar-refractivity contribution in [3.8, 4) is 22.4 Å². The van der Waals surface area contributed by atoms with Gasteiger partial charge in [0.1, 0.15) is 12.2 Å². The van der Waals surface area contributed by atoms with E-state index in [2.05, 4.69) is 25.9 Å². The number of nitrogens with one attached hydrogen (secondary N) is 3. The summed E-state index contributed by atoms with van der Waals surface area (Å²) in [4.78, 5) is 29.6. The second-order valence-electron chi connectivity index (χ2n) is 11.5. The summed E-state index contributed by atoms with van der Waals surface area (Å²) in [5.74, 6) is 0.188. The first-order valence-electron chi connectivity index (χ1n) is 15.9. The summed E-state index contributed by atoms with van der Waals surface area (Å²) in [7, 11) is 0. The fraction of sp³-hybridized carbons (Fsp3) is 0. The van der Waals surface area contributed by atoms with Gasteiger partial charge in [-0.25, -0.2) is 19.6 Å². The molecule has 7 aromatic rings. The van der Waals surface area contributed by atoms with Gasteiger partial charge in [0.25, 0.3) is 0 Å². The van der Waals surface area contributed by atoms with Crippen LogP contribution in [0, 0.1) is 5.41 Å². The van der Waals surface area contributed by atoms with E-state index in [4.69, 9.17) is 10.4 Å². The SMILES string of the molecule is N=c1c2c(-c3ccccc3)cc(-c3ccc(N4C(=O)/C(=N\Nc5ccccc5)N=C4c4ccccc4)cc3)nc2ncn1Nc1ccccc1. The number of hydrazone groups is 1. The lowest BCUT2D eigenvalue weighted by Crippen LogP contribution is -2.34. The van der Waals surface area contributed by atoms with Gasteiger partial charge in [-0.1, -0.05) is 109 Å². The fourth-order valence-corrected chi connectivity index (χ4v) is 5.78. The monoisotopic (exact) mass is 651 g/mol. The van der Waals surface area contributed by atoms with Crippen molar-refractivity contribution in [2.24, 2.45) is 10.1 Å². The predicted molar refractivity (Wildman–Crippen MR) is 198 cm³/mol. The lowest BCUT2D eigenvalue weighted by molar-refractivity contribution is -0.111. The number of para-hydroxylation sites is 2. The molecule has 0 radical (unpaired) electrons. The zero-order valence-electron chi connectivity index (χ0n) is 26.6. The van der Waals surface area contributed by atoms with Gasteiger partial charge in [0.05, 0.1) is 28.1 Å². The van der Waals surface area contributed by atoms with Crippen molar-refractivity contribution in [1.82, 2.24) is 14.6 Å². The lowest BCUT2D eigenvalue weighted by Gasteiger charge is -2.19. The fourth-order valence-electron chi connectivity index (χ4n) is 5.78. The molecule has 1 aliphatic rings. The quantitative estimate of drug-likeness (QED) is 0.148. The molecule has 0 aliphatic carbocycles. The van der Waals surface area contributed by atoms with Crippen LogP contribution in [0.25, 0.3) is 33.4 Å². The molecule has 0 atom stereocenters. The van der Waals surface area contributed by atoms with Crippen LogP contribution in [-0.4, -0.2) is 32.2 Å². The van der Waals surface area contributed by atoms with E-state index in [-0.39, 0.29) is 17.2 Å². The highest BCUT2D eigenvalue weighted by Gasteiger charge is 2.34. The van der Waals surface area contributed by atoms with Gasteiger partial charge in [-0.2, -0.15) is 0 Å². The maximum Gasteiger partial charge on any atom is 0.303 e. The minimum Gasteiger partial charge on any atom is -0.292 e. The van der Waals surface area contributed by atoms with Crippen molar-refractivity contribution < 1.29 is 4.79 Å². The molecule has 50 heavy (non-hydrogen) atoms. The van der Waals surface area contributed by atoms with E-state index in [0.717, 1.165) is 33.6 Å². The van der Waals surface area contributed by atoms with E-state index in [9.17, 15) is 4.79 Å². The molecule has 0 fully saturated rings. The molecule has 3 heterocycles. The van der Waals surface area contributed by atoms with Crippen LogP contribution >= 0.6 is 0 Å². The third-order valence-corrected chi connectivity index (χ3v) is 8.22. The Balaban J connectivity index is 1.17. The van der Waals surface area contributed by atoms with Gasteiger partial charge in [-0.15, -0.1) is 5.10 Å². The molecule has 10 nitrogen and oxygen atoms in total. The first kappa shape index (κ1) is 30.2. The van der Waals surface area contributed by atoms with Crippen LogP contribution in [0.1, 0.15) is 5.56 Å². The number of aliphatic imine (C=N–C) groups is 1. The molecular weight excluding hydrogens is 623 g/mol. The van der Waals surface area contributed by atoms with Crippen LogP contribution in [0.5, 0.6) is 0 Å². The van der Waals surface area contributed by atoms with Gasteiger partial charge < -0.3 is 0 Å². The molecule has 5 aromatic carbocycles. The highest BCUT2D eigenvalue weighted by molar-refractivity contribution is 6.55. The second-order valence-corrected chi connectivity index (χ2v) is 11.5. The molecule has 8 rings (SSSR count). The van der Waals surface area contributed by atoms with Crippen molar-refractivity contribution >= 4 is 45.7 Å². The first-order chi connectivity index (χ1) is 24.6. The number of pyridine rings is 1. The minimum absolute atomic E-state index is 0.0525. The average Bonchev–Trinajstić information content (AvgIpc) is 3.51. The Bertz CT molecular complexity index is 2450. The van der Waals surface area contributed by atoms with E-state index < -0.39 is 0 Å². The van der Waals surface area contributed by atoms with E-state index in [1.165, 1.54) is 0 Å². The first-order valence-corrected chi connectivity index (χ1v) is 15.9. The number of carbonyl (C=O) groups excluding carboxylic acids is 1. The molecule has 0 bridgehead atoms. The zero-order chi connectivity index (χ0) is 33.9. The number of rotatable bonds is 8. The number of amides is 1. The van der Waals surface area contributed by atoms with Crippen LogP contribution in [0.15, 0.2) is 168 Å². The number of hydrogen-bond acceptors (Lipinski definition) is 7. The van der Waals surface area contributed by atoms with Crippen molar-refractivity contribution in [2.45, 2.75) is 0 Å². The van der Waals surface area contributed by atoms with Gasteiger partial charge in [-0.3, -0.25) is 26.0 Å². The number of benzene rings is 5. The number of nitrogens with zero attached hydrogens (tertiary/aromatic N) is 6. The van der Waals surface area contributed by atoms with Crippen LogP contribution < -0.4 is 21.2 Å². The largest absolute Gasteiger partial charge is 0.303 e. The molecule has 0 saturated heterocycles. The van der Waals surface area contributed by atoms with Gasteiger partial charge >= 0.3 is 5.91 Å². The Morgan fingerprint density at radius 3 is 1.92 bits per heavy atom. The van der Waals surface area contributed by atoms with Crippen molar-refractivity contribution in [2.75, 3.05) is 15.8 Å². The topological polar surface area (TPSA) is 124 Å². The second kappa shape index (κ2) is 13.1. The predicted octanol–water partition coefficient (Wildman–Crippen LogP) is 7.34. The molecule has 1 amide bonds. The van der Waals surface area contributed by atoms with E-state index in [0.29, 0.717) is 28.3 Å². The highest BCUT2D eigenvalue weighted by Crippen LogP contribution is 2.32. The summed E-state index contributed by atoms with van der Waals surface area (Å²) in [6.45, 7) is 0. The summed E-state index contributed by atoms with van der Waals surface area (Å²) in [5, 5.41) is 14.1. The molecule has 0 saturated carbocycles. The van der Waals surface area contributed by atoms with Crippen molar-refractivity contribution in [1.29, 1.82) is 5.41 Å². The smallest absolute Gasteiger partial charge is 0.292 e. The maximum absolute atomic E-state index is 13.8. The molecule has 240 valence electrons. The number of fused-ring (bicyclic) bond motifs is 1. The molecule has 1 aliphatic heterocycles. The number of carbonyl (C=O) groups is 1. The Hall–Kier alpha value is -7.20. The van der Waals surface area contributed by atoms with Gasteiger partial charge in [0.2, 0.25) is 5.84 Å².